The molecule has 2 bridgehead atoms. The van der Waals surface area contributed by atoms with E-state index < -0.39 is 5.41 Å². The molecule has 2 aromatic heterocycles. The Hall–Kier alpha value is -4.64. The number of pyridine rings is 1. The predicted octanol–water partition coefficient (Wildman–Crippen LogP) is 7.30. The van der Waals surface area contributed by atoms with Gasteiger partial charge < -0.3 is 14.8 Å². The number of amides is 1. The summed E-state index contributed by atoms with van der Waals surface area (Å²) in [5.74, 6) is 1.29. The van der Waals surface area contributed by atoms with Gasteiger partial charge >= 0.3 is 0 Å². The molecular weight excluding hydrogens is 594 g/mol. The molecular formula is C40H47N7O. The van der Waals surface area contributed by atoms with Crippen LogP contribution in [-0.4, -0.2) is 63.4 Å². The van der Waals surface area contributed by atoms with E-state index in [-0.39, 0.29) is 11.8 Å². The number of hydrogen-bond acceptors (Lipinski definition) is 4. The van der Waals surface area contributed by atoms with Crippen LogP contribution in [0.1, 0.15) is 92.5 Å². The highest BCUT2D eigenvalue weighted by Gasteiger charge is 2.47. The van der Waals surface area contributed by atoms with Gasteiger partial charge in [0.1, 0.15) is 0 Å². The number of H-pyrrole nitrogens is 1. The van der Waals surface area contributed by atoms with Crippen molar-refractivity contribution < 1.29 is 4.79 Å². The zero-order chi connectivity index (χ0) is 33.6. The van der Waals surface area contributed by atoms with Gasteiger partial charge in [0.15, 0.2) is 6.19 Å². The zero-order valence-corrected chi connectivity index (χ0v) is 28.9. The summed E-state index contributed by atoms with van der Waals surface area (Å²) in [5.41, 5.74) is 8.58. The van der Waals surface area contributed by atoms with Crippen molar-refractivity contribution >= 4 is 22.8 Å². The number of aliphatic imine (C=N–C) groups is 1. The highest BCUT2D eigenvalue weighted by molar-refractivity contribution is 5.95. The fraction of sp³-hybridized carbons (Fsp3) is 0.450. The summed E-state index contributed by atoms with van der Waals surface area (Å²) in [6.07, 6.45) is 11.4. The molecule has 5 heterocycles. The number of aromatic amines is 1. The summed E-state index contributed by atoms with van der Waals surface area (Å²) in [7, 11) is 0. The number of aryl methyl sites for hydroxylation is 2. The Morgan fingerprint density at radius 3 is 2.40 bits per heavy atom. The van der Waals surface area contributed by atoms with E-state index in [1.165, 1.54) is 22.3 Å². The van der Waals surface area contributed by atoms with Gasteiger partial charge in [0, 0.05) is 66.9 Å². The van der Waals surface area contributed by atoms with Crippen molar-refractivity contribution in [3.05, 3.63) is 88.7 Å². The topological polar surface area (TPSA) is 100 Å². The molecule has 7 rings (SSSR count). The van der Waals surface area contributed by atoms with E-state index in [1.54, 1.807) is 0 Å². The Morgan fingerprint density at radius 1 is 1.04 bits per heavy atom. The number of aromatic nitrogens is 2. The molecule has 3 saturated heterocycles. The fourth-order valence-electron chi connectivity index (χ4n) is 8.59. The maximum Gasteiger partial charge on any atom is 0.233 e. The van der Waals surface area contributed by atoms with Crippen LogP contribution in [-0.2, 0) is 10.2 Å². The van der Waals surface area contributed by atoms with Gasteiger partial charge in [-0.15, -0.1) is 0 Å². The van der Waals surface area contributed by atoms with Crippen LogP contribution in [0.25, 0.3) is 22.2 Å². The molecule has 48 heavy (non-hydrogen) atoms. The number of carbonyl (C=O) groups is 1. The van der Waals surface area contributed by atoms with Crippen LogP contribution in [0.4, 0.5) is 0 Å². The van der Waals surface area contributed by atoms with Gasteiger partial charge in [-0.1, -0.05) is 30.2 Å². The van der Waals surface area contributed by atoms with E-state index in [1.807, 2.05) is 12.4 Å². The van der Waals surface area contributed by atoms with Gasteiger partial charge in [0.2, 0.25) is 11.9 Å². The number of benzene rings is 2. The van der Waals surface area contributed by atoms with Crippen molar-refractivity contribution in [1.82, 2.24) is 25.1 Å². The highest BCUT2D eigenvalue weighted by atomic mass is 16.2. The molecule has 3 fully saturated rings. The molecule has 8 heteroatoms. The van der Waals surface area contributed by atoms with Crippen LogP contribution in [0.5, 0.6) is 0 Å². The molecule has 0 saturated carbocycles. The maximum absolute atomic E-state index is 14.1. The van der Waals surface area contributed by atoms with Crippen LogP contribution < -0.4 is 5.32 Å². The Kier molecular flexibility index (Phi) is 8.49. The van der Waals surface area contributed by atoms with E-state index in [2.05, 4.69) is 114 Å². The van der Waals surface area contributed by atoms with Crippen molar-refractivity contribution in [3.63, 3.8) is 0 Å². The zero-order valence-electron chi connectivity index (χ0n) is 28.9. The first-order chi connectivity index (χ1) is 23.1. The second-order valence-corrected chi connectivity index (χ2v) is 14.9. The first-order valence-electron chi connectivity index (χ1n) is 17.6. The number of carbonyl (C=O) groups excluding carboxylic acids is 1. The molecule has 2 aromatic carbocycles. The average molecular weight is 642 g/mol. The van der Waals surface area contributed by atoms with Crippen LogP contribution >= 0.6 is 0 Å². The molecule has 2 atom stereocenters. The largest absolute Gasteiger partial charge is 0.354 e. The lowest BCUT2D eigenvalue weighted by Gasteiger charge is -2.33. The lowest BCUT2D eigenvalue weighted by molar-refractivity contribution is -0.137. The molecule has 3 aliphatic heterocycles. The van der Waals surface area contributed by atoms with Crippen molar-refractivity contribution in [1.29, 1.82) is 5.26 Å². The SMILES string of the molecule is Cc1cc(C)cc(-c2[nH]c3ccc(C(C)(C)C(=O)N4C5CCC4CC5)cc3c2[C@H](C)CN=C(NC#N)N2CCC(c3ccncc3)C2)c1. The molecule has 1 amide bonds. The molecule has 4 aromatic rings. The molecule has 3 aliphatic rings. The number of likely N-dealkylation sites (tertiary alicyclic amines) is 1. The van der Waals surface area contributed by atoms with Gasteiger partial charge in [-0.25, -0.2) is 0 Å². The van der Waals surface area contributed by atoms with Gasteiger partial charge in [-0.3, -0.25) is 20.1 Å². The number of fused-ring (bicyclic) bond motifs is 3. The Bertz CT molecular complexity index is 1860. The summed E-state index contributed by atoms with van der Waals surface area (Å²) in [4.78, 5) is 31.5. The van der Waals surface area contributed by atoms with Gasteiger partial charge in [0.25, 0.3) is 0 Å². The minimum absolute atomic E-state index is 0.0344. The third-order valence-electron chi connectivity index (χ3n) is 11.1. The van der Waals surface area contributed by atoms with E-state index in [9.17, 15) is 10.1 Å². The van der Waals surface area contributed by atoms with Crippen LogP contribution in [0.15, 0.2) is 65.9 Å². The van der Waals surface area contributed by atoms with E-state index in [0.29, 0.717) is 30.5 Å². The Morgan fingerprint density at radius 2 is 1.73 bits per heavy atom. The smallest absolute Gasteiger partial charge is 0.233 e. The summed E-state index contributed by atoms with van der Waals surface area (Å²) >= 11 is 0. The number of guanidine groups is 1. The highest BCUT2D eigenvalue weighted by Crippen LogP contribution is 2.43. The Labute approximate surface area is 284 Å². The van der Waals surface area contributed by atoms with Gasteiger partial charge in [-0.05, 0) is 118 Å². The lowest BCUT2D eigenvalue weighted by atomic mass is 9.81. The molecule has 0 radical (unpaired) electrons. The molecule has 0 spiro atoms. The van der Waals surface area contributed by atoms with Gasteiger partial charge in [-0.2, -0.15) is 5.26 Å². The third-order valence-corrected chi connectivity index (χ3v) is 11.1. The van der Waals surface area contributed by atoms with E-state index in [0.717, 1.165) is 72.9 Å². The second-order valence-electron chi connectivity index (χ2n) is 14.9. The third kappa shape index (κ3) is 5.85. The van der Waals surface area contributed by atoms with Crippen molar-refractivity contribution in [2.75, 3.05) is 19.6 Å². The average Bonchev–Trinajstić information content (AvgIpc) is 3.89. The predicted molar refractivity (Wildman–Crippen MR) is 192 cm³/mol. The van der Waals surface area contributed by atoms with Gasteiger partial charge in [0.05, 0.1) is 11.1 Å². The molecule has 248 valence electrons. The van der Waals surface area contributed by atoms with Crippen molar-refractivity contribution in [2.45, 2.75) is 96.1 Å². The number of nitriles is 1. The number of hydrogen-bond donors (Lipinski definition) is 2. The Balaban J connectivity index is 1.24. The molecule has 8 nitrogen and oxygen atoms in total. The van der Waals surface area contributed by atoms with E-state index in [4.69, 9.17) is 4.99 Å². The monoisotopic (exact) mass is 641 g/mol. The molecule has 1 unspecified atom stereocenters. The number of rotatable bonds is 7. The maximum atomic E-state index is 14.1. The summed E-state index contributed by atoms with van der Waals surface area (Å²) in [6.45, 7) is 12.8. The normalized spacial score (nSPS) is 21.6. The molecule has 0 aliphatic carbocycles. The number of nitrogens with one attached hydrogen (secondary N) is 2. The van der Waals surface area contributed by atoms with Crippen LogP contribution in [0.2, 0.25) is 0 Å². The second kappa shape index (κ2) is 12.8. The first kappa shape index (κ1) is 31.9. The van der Waals surface area contributed by atoms with Crippen molar-refractivity contribution in [2.24, 2.45) is 4.99 Å². The standard InChI is InChI=1S/C40H47N7O/c1-25-18-26(2)20-30(19-25)37-36(27(3)22-43-39(44-24-41)46-17-14-29(23-46)28-12-15-42-16-13-28)34-21-31(6-11-35(34)45-37)40(4,5)38(48)47-32-7-8-33(47)10-9-32/h6,11-13,15-16,18-21,27,29,32-33,45H,7-10,14,17,22-23H2,1-5H3,(H,43,44)/t27-,29?,32?,33?/m1/s1. The summed E-state index contributed by atoms with van der Waals surface area (Å²) < 4.78 is 0. The minimum atomic E-state index is -0.639. The summed E-state index contributed by atoms with van der Waals surface area (Å²) in [5, 5.41) is 13.7. The quantitative estimate of drug-likeness (QED) is 0.0955. The van der Waals surface area contributed by atoms with Crippen LogP contribution in [0.3, 0.4) is 0 Å². The van der Waals surface area contributed by atoms with Crippen LogP contribution in [0, 0.1) is 25.3 Å². The lowest BCUT2D eigenvalue weighted by Crippen LogP contribution is -2.45. The fourth-order valence-corrected chi connectivity index (χ4v) is 8.59. The summed E-state index contributed by atoms with van der Waals surface area (Å²) in [6, 6.07) is 18.2. The minimum Gasteiger partial charge on any atom is -0.354 e. The molecule has 2 N–H and O–H groups in total. The first-order valence-corrected chi connectivity index (χ1v) is 17.6. The van der Waals surface area contributed by atoms with Crippen molar-refractivity contribution in [3.8, 4) is 17.5 Å². The number of nitrogens with zero attached hydrogens (tertiary/aromatic N) is 5. The van der Waals surface area contributed by atoms with E-state index >= 15 is 0 Å².